The fourth-order valence-electron chi connectivity index (χ4n) is 0.748. The van der Waals surface area contributed by atoms with Crippen LogP contribution in [0.1, 0.15) is 12.5 Å². The molecular weight excluding hydrogens is 132 g/mol. The van der Waals surface area contributed by atoms with Crippen molar-refractivity contribution in [1.82, 2.24) is 0 Å². The van der Waals surface area contributed by atoms with E-state index in [-0.39, 0.29) is 0 Å². The second-order valence-electron chi connectivity index (χ2n) is 1.82. The number of ether oxygens (including phenoxy) is 1. The molecule has 0 atom stereocenters. The molecule has 0 aliphatic rings. The highest BCUT2D eigenvalue weighted by atomic mass is 32.1. The second-order valence-corrected chi connectivity index (χ2v) is 2.56. The molecule has 0 aliphatic heterocycles. The van der Waals surface area contributed by atoms with Gasteiger partial charge < -0.3 is 4.74 Å². The van der Waals surface area contributed by atoms with E-state index >= 15 is 0 Å². The summed E-state index contributed by atoms with van der Waals surface area (Å²) in [4.78, 5) is 0. The largest absolute Gasteiger partial charge is 0.496 e. The molecule has 1 aromatic heterocycles. The van der Waals surface area contributed by atoms with Gasteiger partial charge in [-0.1, -0.05) is 6.92 Å². The van der Waals surface area contributed by atoms with E-state index in [2.05, 4.69) is 12.3 Å². The van der Waals surface area contributed by atoms with Crippen molar-refractivity contribution in [3.8, 4) is 5.75 Å². The van der Waals surface area contributed by atoms with Gasteiger partial charge in [0.25, 0.3) is 0 Å². The van der Waals surface area contributed by atoms with E-state index in [1.54, 1.807) is 18.4 Å². The molecule has 1 heterocycles. The zero-order valence-corrected chi connectivity index (χ0v) is 6.49. The van der Waals surface area contributed by atoms with E-state index < -0.39 is 0 Å². The van der Waals surface area contributed by atoms with Crippen LogP contribution in [0.5, 0.6) is 5.75 Å². The van der Waals surface area contributed by atoms with Crippen molar-refractivity contribution in [2.45, 2.75) is 13.3 Å². The molecule has 0 aliphatic carbocycles. The van der Waals surface area contributed by atoms with Gasteiger partial charge in [-0.05, 0) is 11.8 Å². The molecule has 1 nitrogen and oxygen atoms in total. The number of methoxy groups -OCH3 is 1. The standard InChI is InChI=1S/C7H10OS/c1-3-6-4-9-5-7(6)8-2/h4-5H,3H2,1-2H3. The minimum absolute atomic E-state index is 1.03. The van der Waals surface area contributed by atoms with Gasteiger partial charge in [0.2, 0.25) is 0 Å². The molecule has 0 amide bonds. The Kier molecular flexibility index (Phi) is 2.11. The van der Waals surface area contributed by atoms with E-state index in [0.717, 1.165) is 12.2 Å². The van der Waals surface area contributed by atoms with Gasteiger partial charge in [0.1, 0.15) is 5.75 Å². The Morgan fingerprint density at radius 1 is 1.56 bits per heavy atom. The summed E-state index contributed by atoms with van der Waals surface area (Å²) in [5.74, 6) is 1.03. The molecule has 0 bridgehead atoms. The molecule has 0 saturated heterocycles. The summed E-state index contributed by atoms with van der Waals surface area (Å²) >= 11 is 1.69. The van der Waals surface area contributed by atoms with E-state index in [1.807, 2.05) is 5.38 Å². The summed E-state index contributed by atoms with van der Waals surface area (Å²) in [6, 6.07) is 0. The number of thiophene rings is 1. The van der Waals surface area contributed by atoms with Crippen molar-refractivity contribution in [3.05, 3.63) is 16.3 Å². The number of rotatable bonds is 2. The van der Waals surface area contributed by atoms with Crippen molar-refractivity contribution in [3.63, 3.8) is 0 Å². The molecule has 0 saturated carbocycles. The van der Waals surface area contributed by atoms with E-state index in [9.17, 15) is 0 Å². The van der Waals surface area contributed by atoms with Crippen LogP contribution in [0.2, 0.25) is 0 Å². The summed E-state index contributed by atoms with van der Waals surface area (Å²) in [5, 5.41) is 4.15. The summed E-state index contributed by atoms with van der Waals surface area (Å²) < 4.78 is 5.09. The summed E-state index contributed by atoms with van der Waals surface area (Å²) in [6.07, 6.45) is 1.06. The molecule has 0 fully saturated rings. The zero-order chi connectivity index (χ0) is 6.69. The highest BCUT2D eigenvalue weighted by Crippen LogP contribution is 2.22. The number of hydrogen-bond donors (Lipinski definition) is 0. The van der Waals surface area contributed by atoms with E-state index in [1.165, 1.54) is 5.56 Å². The quantitative estimate of drug-likeness (QED) is 0.615. The third-order valence-electron chi connectivity index (χ3n) is 1.30. The minimum atomic E-state index is 1.03. The van der Waals surface area contributed by atoms with Crippen LogP contribution in [0.4, 0.5) is 0 Å². The van der Waals surface area contributed by atoms with Gasteiger partial charge in [-0.3, -0.25) is 0 Å². The smallest absolute Gasteiger partial charge is 0.132 e. The monoisotopic (exact) mass is 142 g/mol. The summed E-state index contributed by atoms with van der Waals surface area (Å²) in [5.41, 5.74) is 1.31. The van der Waals surface area contributed by atoms with Gasteiger partial charge in [-0.25, -0.2) is 0 Å². The van der Waals surface area contributed by atoms with Gasteiger partial charge >= 0.3 is 0 Å². The fourth-order valence-corrected chi connectivity index (χ4v) is 1.63. The SMILES string of the molecule is CCc1cscc1OC. The molecule has 1 rings (SSSR count). The Hall–Kier alpha value is -0.500. The van der Waals surface area contributed by atoms with E-state index in [0.29, 0.717) is 0 Å². The first-order valence-electron chi connectivity index (χ1n) is 2.97. The highest BCUT2D eigenvalue weighted by molar-refractivity contribution is 7.08. The fraction of sp³-hybridized carbons (Fsp3) is 0.429. The maximum absolute atomic E-state index is 5.09. The van der Waals surface area contributed by atoms with Crippen molar-refractivity contribution in [2.75, 3.05) is 7.11 Å². The molecular formula is C7H10OS. The lowest BCUT2D eigenvalue weighted by Crippen LogP contribution is -1.83. The molecule has 0 unspecified atom stereocenters. The first-order chi connectivity index (χ1) is 4.38. The van der Waals surface area contributed by atoms with Crippen LogP contribution in [0.15, 0.2) is 10.8 Å². The Balaban J connectivity index is 2.85. The molecule has 2 heteroatoms. The summed E-state index contributed by atoms with van der Waals surface area (Å²) in [6.45, 7) is 2.13. The van der Waals surface area contributed by atoms with Gasteiger partial charge in [-0.15, -0.1) is 11.3 Å². The van der Waals surface area contributed by atoms with Crippen LogP contribution in [0.25, 0.3) is 0 Å². The lowest BCUT2D eigenvalue weighted by molar-refractivity contribution is 0.412. The third kappa shape index (κ3) is 1.24. The van der Waals surface area contributed by atoms with Crippen molar-refractivity contribution >= 4 is 11.3 Å². The molecule has 9 heavy (non-hydrogen) atoms. The van der Waals surface area contributed by atoms with Gasteiger partial charge in [0, 0.05) is 10.9 Å². The molecule has 0 radical (unpaired) electrons. The highest BCUT2D eigenvalue weighted by Gasteiger charge is 1.98. The average Bonchev–Trinajstić information content (AvgIpc) is 2.33. The normalized spacial score (nSPS) is 9.56. The molecule has 50 valence electrons. The number of hydrogen-bond acceptors (Lipinski definition) is 2. The Labute approximate surface area is 59.3 Å². The predicted octanol–water partition coefficient (Wildman–Crippen LogP) is 2.32. The molecule has 1 aromatic rings. The molecule has 0 aromatic carbocycles. The van der Waals surface area contributed by atoms with Crippen LogP contribution in [-0.2, 0) is 6.42 Å². The minimum Gasteiger partial charge on any atom is -0.496 e. The lowest BCUT2D eigenvalue weighted by Gasteiger charge is -1.96. The molecule has 0 N–H and O–H groups in total. The van der Waals surface area contributed by atoms with Crippen LogP contribution in [-0.4, -0.2) is 7.11 Å². The van der Waals surface area contributed by atoms with Crippen LogP contribution in [0, 0.1) is 0 Å². The third-order valence-corrected chi connectivity index (χ3v) is 2.07. The maximum Gasteiger partial charge on any atom is 0.132 e. The van der Waals surface area contributed by atoms with Gasteiger partial charge in [0.15, 0.2) is 0 Å². The Bertz CT molecular complexity index is 162. The van der Waals surface area contributed by atoms with Crippen molar-refractivity contribution < 1.29 is 4.74 Å². The van der Waals surface area contributed by atoms with Crippen molar-refractivity contribution in [1.29, 1.82) is 0 Å². The first-order valence-corrected chi connectivity index (χ1v) is 3.91. The zero-order valence-electron chi connectivity index (χ0n) is 5.68. The molecule has 0 spiro atoms. The predicted molar refractivity (Wildman–Crippen MR) is 40.2 cm³/mol. The maximum atomic E-state index is 5.09. The summed E-state index contributed by atoms with van der Waals surface area (Å²) in [7, 11) is 1.71. The average molecular weight is 142 g/mol. The van der Waals surface area contributed by atoms with Crippen LogP contribution >= 0.6 is 11.3 Å². The van der Waals surface area contributed by atoms with E-state index in [4.69, 9.17) is 4.74 Å². The lowest BCUT2D eigenvalue weighted by atomic mass is 10.2. The van der Waals surface area contributed by atoms with Crippen molar-refractivity contribution in [2.24, 2.45) is 0 Å². The van der Waals surface area contributed by atoms with Crippen LogP contribution < -0.4 is 4.74 Å². The second kappa shape index (κ2) is 2.87. The van der Waals surface area contributed by atoms with Gasteiger partial charge in [0.05, 0.1) is 7.11 Å². The Morgan fingerprint density at radius 3 is 2.78 bits per heavy atom. The topological polar surface area (TPSA) is 9.23 Å². The Morgan fingerprint density at radius 2 is 2.33 bits per heavy atom. The van der Waals surface area contributed by atoms with Gasteiger partial charge in [-0.2, -0.15) is 0 Å². The van der Waals surface area contributed by atoms with Crippen LogP contribution in [0.3, 0.4) is 0 Å². The first kappa shape index (κ1) is 6.62. The number of aryl methyl sites for hydroxylation is 1.